The standard InChI is InChI=1S/C24H25ClN4O3S2.C20H24ClN3O2S.C4H2ClNOS/c1-2-9-32-24(31)28-16-3-4-17(28)11-15(10-16)20-12-18(5-6-19-7-8-22(25)34-19)29(27-20)23(30)21-13-33-14-26-21;1-2-9-26-20(25)24-15-4-5-16(24)11-13(10-15)18-12-14(22-23-18)3-6-17-7-8-19(21)27-17;5-4(7)3-1-8-2-6-3/h2,7-8,12-17H,1,3-6,9-11H2;2,7-8,12-13,15-16H,1,3-6,9-11H2,(H,22,23);1-2H. The largest absolute Gasteiger partial charge is 0.445 e. The van der Waals surface area contributed by atoms with Crippen LogP contribution >= 0.6 is 80.1 Å². The zero-order chi connectivity index (χ0) is 48.4. The van der Waals surface area contributed by atoms with E-state index >= 15 is 0 Å². The fourth-order valence-corrected chi connectivity index (χ4v) is 13.2. The summed E-state index contributed by atoms with van der Waals surface area (Å²) in [6.45, 7) is 7.72. The molecule has 4 saturated heterocycles. The first kappa shape index (κ1) is 50.7. The zero-order valence-electron chi connectivity index (χ0n) is 37.6. The molecule has 0 aliphatic carbocycles. The number of amides is 2. The normalized spacial score (nSPS) is 21.1. The predicted octanol–water partition coefficient (Wildman–Crippen LogP) is 12.0. The molecule has 0 spiro atoms. The van der Waals surface area contributed by atoms with E-state index in [2.05, 4.69) is 51.5 Å². The summed E-state index contributed by atoms with van der Waals surface area (Å²) >= 11 is 23.1. The van der Waals surface area contributed by atoms with Gasteiger partial charge in [0.25, 0.3) is 11.1 Å². The minimum absolute atomic E-state index is 0.136. The highest BCUT2D eigenvalue weighted by Crippen LogP contribution is 2.44. The van der Waals surface area contributed by atoms with E-state index in [0.29, 0.717) is 23.7 Å². The molecule has 69 heavy (non-hydrogen) atoms. The van der Waals surface area contributed by atoms with Gasteiger partial charge in [-0.2, -0.15) is 14.9 Å². The fraction of sp³-hybridized carbons (Fsp3) is 0.417. The predicted molar refractivity (Wildman–Crippen MR) is 273 cm³/mol. The third-order valence-electron chi connectivity index (χ3n) is 12.8. The number of H-pyrrole nitrogens is 1. The minimum Gasteiger partial charge on any atom is -0.445 e. The highest BCUT2D eigenvalue weighted by atomic mass is 35.5. The van der Waals surface area contributed by atoms with E-state index in [9.17, 15) is 19.2 Å². The number of halogens is 3. The Balaban J connectivity index is 0.000000163. The molecule has 4 unspecified atom stereocenters. The third-order valence-corrected chi connectivity index (χ3v) is 16.8. The summed E-state index contributed by atoms with van der Waals surface area (Å²) in [4.78, 5) is 62.4. The molecule has 4 atom stereocenters. The zero-order valence-corrected chi connectivity index (χ0v) is 43.1. The van der Waals surface area contributed by atoms with E-state index in [-0.39, 0.29) is 61.4 Å². The number of thiazole rings is 2. The molecule has 10 rings (SSSR count). The van der Waals surface area contributed by atoms with Crippen LogP contribution in [0.25, 0.3) is 0 Å². The first-order chi connectivity index (χ1) is 33.5. The molecule has 0 aromatic carbocycles. The number of carbonyl (C=O) groups excluding carboxylic acids is 4. The van der Waals surface area contributed by atoms with Crippen LogP contribution in [0.3, 0.4) is 0 Å². The molecule has 21 heteroatoms. The second-order valence-electron chi connectivity index (χ2n) is 17.2. The van der Waals surface area contributed by atoms with Crippen molar-refractivity contribution >= 4 is 103 Å². The highest BCUT2D eigenvalue weighted by molar-refractivity contribution is 7.16. The molecule has 4 bridgehead atoms. The number of rotatable bonds is 14. The van der Waals surface area contributed by atoms with E-state index in [4.69, 9.17) is 49.4 Å². The molecule has 10 heterocycles. The van der Waals surface area contributed by atoms with Gasteiger partial charge < -0.3 is 19.3 Å². The van der Waals surface area contributed by atoms with E-state index in [1.807, 2.05) is 28.0 Å². The highest BCUT2D eigenvalue weighted by Gasteiger charge is 2.46. The van der Waals surface area contributed by atoms with Crippen molar-refractivity contribution in [1.82, 2.24) is 39.7 Å². The lowest BCUT2D eigenvalue weighted by Crippen LogP contribution is -2.46. The average molecular weight is 1070 g/mol. The average Bonchev–Trinajstić information content (AvgIpc) is 4.21. The smallest absolute Gasteiger partial charge is 0.410 e. The molecule has 6 aromatic heterocycles. The number of aryl methyl sites for hydroxylation is 4. The van der Waals surface area contributed by atoms with E-state index in [0.717, 1.165) is 102 Å². The SMILES string of the molecule is C=CCOC(=O)N1C2CCC1CC(c1cc(CCc3ccc(Cl)s3)[nH]n1)C2.C=CCOC(=O)N1C2CCC1CC(c1cc(CCc3ccc(Cl)s3)n(C(=O)c3cscn3)n1)C2.O=C(Cl)c1cscn1. The molecule has 2 amide bonds. The Labute approximate surface area is 431 Å². The Bertz CT molecular complexity index is 2670. The Morgan fingerprint density at radius 1 is 0.696 bits per heavy atom. The van der Waals surface area contributed by atoms with Gasteiger partial charge >= 0.3 is 12.2 Å². The minimum atomic E-state index is -0.494. The maximum atomic E-state index is 13.2. The molecule has 364 valence electrons. The van der Waals surface area contributed by atoms with Crippen LogP contribution in [-0.4, -0.2) is 100 Å². The number of thiophene rings is 2. The van der Waals surface area contributed by atoms with Crippen LogP contribution in [0.5, 0.6) is 0 Å². The lowest BCUT2D eigenvalue weighted by atomic mass is 9.88. The van der Waals surface area contributed by atoms with Crippen LogP contribution in [0.2, 0.25) is 8.67 Å². The van der Waals surface area contributed by atoms with Crippen molar-refractivity contribution in [3.05, 3.63) is 136 Å². The van der Waals surface area contributed by atoms with Crippen molar-refractivity contribution in [3.63, 3.8) is 0 Å². The summed E-state index contributed by atoms with van der Waals surface area (Å²) in [7, 11) is 0. The van der Waals surface area contributed by atoms with Crippen molar-refractivity contribution < 1.29 is 28.7 Å². The van der Waals surface area contributed by atoms with Gasteiger partial charge in [0.2, 0.25) is 0 Å². The van der Waals surface area contributed by atoms with Gasteiger partial charge in [0.15, 0.2) is 0 Å². The summed E-state index contributed by atoms with van der Waals surface area (Å²) in [6, 6.07) is 13.0. The van der Waals surface area contributed by atoms with Crippen LogP contribution in [-0.2, 0) is 35.2 Å². The van der Waals surface area contributed by atoms with Crippen molar-refractivity contribution in [2.24, 2.45) is 0 Å². The summed E-state index contributed by atoms with van der Waals surface area (Å²) in [5.41, 5.74) is 8.03. The second-order valence-corrected chi connectivity index (χ2v) is 22.6. The number of carbonyl (C=O) groups is 4. The molecule has 4 fully saturated rings. The molecule has 1 N–H and O–H groups in total. The van der Waals surface area contributed by atoms with Crippen LogP contribution in [0.4, 0.5) is 9.59 Å². The summed E-state index contributed by atoms with van der Waals surface area (Å²) in [5.74, 6) is 0.396. The lowest BCUT2D eigenvalue weighted by Gasteiger charge is -2.37. The first-order valence-corrected chi connectivity index (χ1v) is 27.4. The van der Waals surface area contributed by atoms with E-state index in [1.54, 1.807) is 56.6 Å². The number of ether oxygens (including phenoxy) is 2. The fourth-order valence-electron chi connectivity index (χ4n) is 9.77. The van der Waals surface area contributed by atoms with E-state index in [1.165, 1.54) is 37.1 Å². The van der Waals surface area contributed by atoms with Crippen molar-refractivity contribution in [3.8, 4) is 0 Å². The monoisotopic (exact) mass is 1070 g/mol. The lowest BCUT2D eigenvalue weighted by molar-refractivity contribution is 0.0715. The number of piperidine rings is 2. The van der Waals surface area contributed by atoms with Crippen LogP contribution < -0.4 is 0 Å². The van der Waals surface area contributed by atoms with Crippen LogP contribution in [0.15, 0.2) is 83.5 Å². The van der Waals surface area contributed by atoms with Gasteiger partial charge in [0, 0.05) is 67.9 Å². The molecule has 14 nitrogen and oxygen atoms in total. The summed E-state index contributed by atoms with van der Waals surface area (Å²) in [6.07, 6.45) is 13.7. The van der Waals surface area contributed by atoms with Crippen LogP contribution in [0, 0.1) is 0 Å². The maximum absolute atomic E-state index is 13.2. The van der Waals surface area contributed by atoms with Gasteiger partial charge in [-0.15, -0.1) is 45.3 Å². The number of hydrogen-bond donors (Lipinski definition) is 1. The number of aromatic nitrogens is 6. The number of nitrogens with one attached hydrogen (secondary N) is 1. The summed E-state index contributed by atoms with van der Waals surface area (Å²) in [5, 5.41) is 15.4. The molecule has 0 radical (unpaired) electrons. The van der Waals surface area contributed by atoms with Crippen molar-refractivity contribution in [2.45, 2.75) is 113 Å². The Kier molecular flexibility index (Phi) is 17.6. The maximum Gasteiger partial charge on any atom is 0.410 e. The van der Waals surface area contributed by atoms with Crippen LogP contribution in [0.1, 0.15) is 117 Å². The Morgan fingerprint density at radius 2 is 1.20 bits per heavy atom. The molecular formula is C48H51Cl3N8O6S4. The number of hydrogen-bond acceptors (Lipinski definition) is 14. The number of fused-ring (bicyclic) bond motifs is 4. The van der Waals surface area contributed by atoms with Gasteiger partial charge in [-0.3, -0.25) is 14.7 Å². The van der Waals surface area contributed by atoms with Gasteiger partial charge in [-0.1, -0.05) is 48.5 Å². The van der Waals surface area contributed by atoms with E-state index < -0.39 is 5.24 Å². The quantitative estimate of drug-likeness (QED) is 0.0819. The third kappa shape index (κ3) is 12.8. The molecule has 4 aliphatic heterocycles. The Hall–Kier alpha value is -4.69. The molecule has 6 aromatic rings. The van der Waals surface area contributed by atoms with Gasteiger partial charge in [0.05, 0.1) is 31.1 Å². The molecular weight excluding hydrogens is 1020 g/mol. The summed E-state index contributed by atoms with van der Waals surface area (Å²) < 4.78 is 13.7. The van der Waals surface area contributed by atoms with Gasteiger partial charge in [-0.25, -0.2) is 19.6 Å². The Morgan fingerprint density at radius 3 is 1.65 bits per heavy atom. The van der Waals surface area contributed by atoms with Crippen molar-refractivity contribution in [2.75, 3.05) is 13.2 Å². The molecule has 4 aliphatic rings. The second kappa shape index (κ2) is 23.9. The number of nitrogens with zero attached hydrogens (tertiary/aromatic N) is 7. The van der Waals surface area contributed by atoms with Gasteiger partial charge in [0.1, 0.15) is 24.6 Å². The topological polar surface area (TPSA) is 166 Å². The first-order valence-electron chi connectivity index (χ1n) is 22.7. The van der Waals surface area contributed by atoms with Crippen molar-refractivity contribution in [1.29, 1.82) is 0 Å². The number of aromatic amines is 1. The van der Waals surface area contributed by atoms with Gasteiger partial charge in [-0.05, 0) is 125 Å². The molecule has 0 saturated carbocycles.